The Morgan fingerprint density at radius 1 is 1.16 bits per heavy atom. The van der Waals surface area contributed by atoms with Gasteiger partial charge in [0, 0.05) is 48.5 Å². The third-order valence-electron chi connectivity index (χ3n) is 6.53. The van der Waals surface area contributed by atoms with E-state index in [4.69, 9.17) is 0 Å². The predicted molar refractivity (Wildman–Crippen MR) is 113 cm³/mol. The van der Waals surface area contributed by atoms with Crippen LogP contribution < -0.4 is 10.2 Å². The molecule has 0 aliphatic carbocycles. The Kier molecular flexibility index (Phi) is 4.20. The van der Waals surface area contributed by atoms with Gasteiger partial charge in [-0.3, -0.25) is 5.10 Å². The third kappa shape index (κ3) is 3.05. The van der Waals surface area contributed by atoms with Crippen molar-refractivity contribution in [3.05, 3.63) is 42.7 Å². The Bertz CT molecular complexity index is 1210. The van der Waals surface area contributed by atoms with E-state index in [0.29, 0.717) is 46.5 Å². The molecular formula is C21H22FN9. The van der Waals surface area contributed by atoms with Crippen LogP contribution in [0.4, 0.5) is 10.3 Å². The van der Waals surface area contributed by atoms with Crippen LogP contribution in [0.1, 0.15) is 25.7 Å². The van der Waals surface area contributed by atoms with Gasteiger partial charge in [0.05, 0.1) is 17.9 Å². The minimum absolute atomic E-state index is 0.319. The Hall–Kier alpha value is -3.40. The Labute approximate surface area is 177 Å². The molecular weight excluding hydrogens is 397 g/mol. The van der Waals surface area contributed by atoms with Gasteiger partial charge >= 0.3 is 0 Å². The normalized spacial score (nSPS) is 22.8. The molecule has 2 aliphatic heterocycles. The van der Waals surface area contributed by atoms with Crippen molar-refractivity contribution in [1.29, 1.82) is 0 Å². The molecule has 6 rings (SSSR count). The number of nitrogens with one attached hydrogen (secondary N) is 2. The number of benzene rings is 1. The SMILES string of the molecule is CN(c1ncc(-c2cc(F)c(-n3cccn3)c3[nH]ncc23)nn1)C1C[C@H]2CC[C@@H](C1)N2. The van der Waals surface area contributed by atoms with Crippen molar-refractivity contribution in [2.45, 2.75) is 43.8 Å². The van der Waals surface area contributed by atoms with Crippen LogP contribution in [0.5, 0.6) is 0 Å². The lowest BCUT2D eigenvalue weighted by Gasteiger charge is -2.35. The summed E-state index contributed by atoms with van der Waals surface area (Å²) in [6.07, 6.45) is 11.3. The van der Waals surface area contributed by atoms with E-state index in [1.165, 1.54) is 23.6 Å². The lowest BCUT2D eigenvalue weighted by molar-refractivity contribution is 0.352. The number of aromatic nitrogens is 7. The lowest BCUT2D eigenvalue weighted by atomic mass is 9.99. The molecule has 1 unspecified atom stereocenters. The molecule has 0 radical (unpaired) electrons. The van der Waals surface area contributed by atoms with Crippen molar-refractivity contribution in [3.63, 3.8) is 0 Å². The van der Waals surface area contributed by atoms with Gasteiger partial charge in [0.2, 0.25) is 5.95 Å². The molecule has 2 fully saturated rings. The summed E-state index contributed by atoms with van der Waals surface area (Å²) >= 11 is 0. The predicted octanol–water partition coefficient (Wildman–Crippen LogP) is 2.46. The Morgan fingerprint density at radius 3 is 2.71 bits per heavy atom. The molecule has 5 heterocycles. The maximum atomic E-state index is 15.0. The van der Waals surface area contributed by atoms with Gasteiger partial charge in [-0.2, -0.15) is 10.2 Å². The molecule has 4 aromatic rings. The summed E-state index contributed by atoms with van der Waals surface area (Å²) in [4.78, 5) is 6.68. The average Bonchev–Trinajstić information content (AvgIpc) is 3.55. The molecule has 3 atom stereocenters. The third-order valence-corrected chi connectivity index (χ3v) is 6.53. The molecule has 2 aliphatic rings. The molecule has 1 aromatic carbocycles. The first-order chi connectivity index (χ1) is 15.2. The van der Waals surface area contributed by atoms with E-state index in [-0.39, 0.29) is 0 Å². The van der Waals surface area contributed by atoms with Crippen LogP contribution in [-0.2, 0) is 0 Å². The average molecular weight is 419 g/mol. The molecule has 0 saturated carbocycles. The van der Waals surface area contributed by atoms with Gasteiger partial charge < -0.3 is 10.2 Å². The van der Waals surface area contributed by atoms with Crippen LogP contribution >= 0.6 is 0 Å². The zero-order valence-electron chi connectivity index (χ0n) is 17.0. The van der Waals surface area contributed by atoms with Crippen LogP contribution in [0.3, 0.4) is 0 Å². The zero-order valence-corrected chi connectivity index (χ0v) is 17.0. The van der Waals surface area contributed by atoms with E-state index < -0.39 is 5.82 Å². The molecule has 10 heteroatoms. The largest absolute Gasteiger partial charge is 0.339 e. The Balaban J connectivity index is 1.33. The first-order valence-corrected chi connectivity index (χ1v) is 10.5. The molecule has 9 nitrogen and oxygen atoms in total. The fourth-order valence-electron chi connectivity index (χ4n) is 4.96. The summed E-state index contributed by atoms with van der Waals surface area (Å²) in [7, 11) is 2.03. The molecule has 0 amide bonds. The van der Waals surface area contributed by atoms with E-state index in [1.807, 2.05) is 7.05 Å². The van der Waals surface area contributed by atoms with E-state index in [0.717, 1.165) is 18.2 Å². The van der Waals surface area contributed by atoms with Gasteiger partial charge in [-0.15, -0.1) is 10.2 Å². The van der Waals surface area contributed by atoms with Gasteiger partial charge in [-0.05, 0) is 37.8 Å². The minimum Gasteiger partial charge on any atom is -0.339 e. The lowest BCUT2D eigenvalue weighted by Crippen LogP contribution is -2.47. The second-order valence-electron chi connectivity index (χ2n) is 8.38. The molecule has 0 spiro atoms. The number of H-pyrrole nitrogens is 1. The Morgan fingerprint density at radius 2 is 2.00 bits per heavy atom. The summed E-state index contributed by atoms with van der Waals surface area (Å²) in [5, 5.41) is 24.3. The van der Waals surface area contributed by atoms with E-state index >= 15 is 4.39 Å². The number of fused-ring (bicyclic) bond motifs is 3. The van der Waals surface area contributed by atoms with Crippen LogP contribution in [0, 0.1) is 5.82 Å². The molecule has 3 aromatic heterocycles. The quantitative estimate of drug-likeness (QED) is 0.524. The van der Waals surface area contributed by atoms with Crippen molar-refractivity contribution < 1.29 is 4.39 Å². The monoisotopic (exact) mass is 419 g/mol. The maximum Gasteiger partial charge on any atom is 0.245 e. The first kappa shape index (κ1) is 18.4. The summed E-state index contributed by atoms with van der Waals surface area (Å²) in [5.74, 6) is 0.163. The summed E-state index contributed by atoms with van der Waals surface area (Å²) in [6, 6.07) is 4.76. The van der Waals surface area contributed by atoms with Gasteiger partial charge in [0.25, 0.3) is 0 Å². The van der Waals surface area contributed by atoms with E-state index in [1.54, 1.807) is 30.9 Å². The minimum atomic E-state index is -0.427. The van der Waals surface area contributed by atoms with Gasteiger partial charge in [0.15, 0.2) is 5.82 Å². The molecule has 158 valence electrons. The van der Waals surface area contributed by atoms with Crippen molar-refractivity contribution in [3.8, 4) is 16.9 Å². The van der Waals surface area contributed by atoms with Crippen LogP contribution in [-0.4, -0.2) is 60.3 Å². The van der Waals surface area contributed by atoms with Crippen LogP contribution in [0.2, 0.25) is 0 Å². The highest BCUT2D eigenvalue weighted by atomic mass is 19.1. The standard InChI is InChI=1S/C21H22FN9/c1-30(14-7-12-3-4-13(8-14)26-12)21-23-11-18(27-29-21)15-9-17(22)20(31-6-2-5-25-31)19-16(15)10-24-28-19/h2,5-6,9-14,26H,3-4,7-8H2,1H3,(H,24,28)/t12-,13+,14?. The number of anilines is 1. The van der Waals surface area contributed by atoms with Crippen molar-refractivity contribution in [1.82, 2.24) is 40.5 Å². The van der Waals surface area contributed by atoms with Gasteiger partial charge in [0.1, 0.15) is 11.4 Å². The van der Waals surface area contributed by atoms with E-state index in [2.05, 4.69) is 40.7 Å². The number of rotatable bonds is 4. The number of halogens is 1. The number of hydrogen-bond acceptors (Lipinski definition) is 7. The number of piperidine rings is 1. The second kappa shape index (κ2) is 7.09. The topological polar surface area (TPSA) is 100 Å². The molecule has 2 N–H and O–H groups in total. The van der Waals surface area contributed by atoms with Gasteiger partial charge in [-0.25, -0.2) is 14.1 Å². The number of hydrogen-bond donors (Lipinski definition) is 2. The molecule has 31 heavy (non-hydrogen) atoms. The zero-order chi connectivity index (χ0) is 20.9. The summed E-state index contributed by atoms with van der Waals surface area (Å²) < 4.78 is 16.5. The van der Waals surface area contributed by atoms with Crippen molar-refractivity contribution in [2.24, 2.45) is 0 Å². The highest BCUT2D eigenvalue weighted by Gasteiger charge is 2.35. The second-order valence-corrected chi connectivity index (χ2v) is 8.38. The fraction of sp³-hybridized carbons (Fsp3) is 0.381. The maximum absolute atomic E-state index is 15.0. The highest BCUT2D eigenvalue weighted by Crippen LogP contribution is 2.33. The molecule has 2 bridgehead atoms. The summed E-state index contributed by atoms with van der Waals surface area (Å²) in [6.45, 7) is 0. The van der Waals surface area contributed by atoms with E-state index in [9.17, 15) is 0 Å². The van der Waals surface area contributed by atoms with Crippen molar-refractivity contribution in [2.75, 3.05) is 11.9 Å². The summed E-state index contributed by atoms with van der Waals surface area (Å²) in [5.41, 5.74) is 1.96. The first-order valence-electron chi connectivity index (χ1n) is 10.5. The molecule has 2 saturated heterocycles. The number of aromatic amines is 1. The van der Waals surface area contributed by atoms with Crippen LogP contribution in [0.15, 0.2) is 36.9 Å². The fourth-order valence-corrected chi connectivity index (χ4v) is 4.96. The highest BCUT2D eigenvalue weighted by molar-refractivity contribution is 5.98. The number of nitrogens with zero attached hydrogens (tertiary/aromatic N) is 7. The van der Waals surface area contributed by atoms with Gasteiger partial charge in [-0.1, -0.05) is 0 Å². The van der Waals surface area contributed by atoms with Crippen molar-refractivity contribution >= 4 is 16.9 Å². The smallest absolute Gasteiger partial charge is 0.245 e. The van der Waals surface area contributed by atoms with Crippen LogP contribution in [0.25, 0.3) is 27.8 Å².